The highest BCUT2D eigenvalue weighted by molar-refractivity contribution is 6.29. The average Bonchev–Trinajstić information content (AvgIpc) is 2.20. The summed E-state index contributed by atoms with van der Waals surface area (Å²) in [5.41, 5.74) is 1.07. The number of nitrogens with zero attached hydrogens (tertiary/aromatic N) is 2. The zero-order chi connectivity index (χ0) is 9.10. The van der Waals surface area contributed by atoms with Crippen molar-refractivity contribution in [1.29, 1.82) is 0 Å². The van der Waals surface area contributed by atoms with Crippen molar-refractivity contribution in [3.63, 3.8) is 0 Å². The highest BCUT2D eigenvalue weighted by Crippen LogP contribution is 2.22. The molecule has 1 aromatic heterocycles. The molecule has 0 radical (unpaired) electrons. The van der Waals surface area contributed by atoms with Crippen LogP contribution in [-0.2, 0) is 0 Å². The molecule has 0 bridgehead atoms. The minimum Gasteiger partial charge on any atom is -0.317 e. The van der Waals surface area contributed by atoms with E-state index in [1.807, 2.05) is 12.1 Å². The molecule has 2 heterocycles. The van der Waals surface area contributed by atoms with Gasteiger partial charge in [-0.15, -0.1) is 17.5 Å². The molecule has 0 aromatic carbocycles. The van der Waals surface area contributed by atoms with Crippen molar-refractivity contribution in [1.82, 2.24) is 15.5 Å². The van der Waals surface area contributed by atoms with Crippen molar-refractivity contribution >= 4 is 24.0 Å². The molecule has 1 aliphatic heterocycles. The highest BCUT2D eigenvalue weighted by Gasteiger charge is 2.16. The Balaban J connectivity index is 0.000000980. The molecule has 0 spiro atoms. The monoisotopic (exact) mass is 233 g/mol. The van der Waals surface area contributed by atoms with Crippen LogP contribution in [0.5, 0.6) is 0 Å². The molecule has 0 unspecified atom stereocenters. The second-order valence-corrected chi connectivity index (χ2v) is 3.69. The molecule has 5 heteroatoms. The van der Waals surface area contributed by atoms with Crippen LogP contribution in [0.1, 0.15) is 24.5 Å². The lowest BCUT2D eigenvalue weighted by Crippen LogP contribution is -2.27. The zero-order valence-corrected chi connectivity index (χ0v) is 9.31. The molecule has 1 saturated heterocycles. The van der Waals surface area contributed by atoms with E-state index in [1.54, 1.807) is 0 Å². The van der Waals surface area contributed by atoms with Crippen molar-refractivity contribution in [3.05, 3.63) is 23.0 Å². The van der Waals surface area contributed by atoms with Crippen molar-refractivity contribution in [2.75, 3.05) is 13.1 Å². The Morgan fingerprint density at radius 1 is 1.21 bits per heavy atom. The van der Waals surface area contributed by atoms with Crippen LogP contribution < -0.4 is 5.32 Å². The fraction of sp³-hybridized carbons (Fsp3) is 0.556. The Kier molecular flexibility index (Phi) is 4.58. The minimum absolute atomic E-state index is 0. The first-order chi connectivity index (χ1) is 6.36. The third-order valence-electron chi connectivity index (χ3n) is 2.41. The van der Waals surface area contributed by atoms with Crippen LogP contribution >= 0.6 is 24.0 Å². The maximum atomic E-state index is 5.66. The highest BCUT2D eigenvalue weighted by atomic mass is 35.5. The third-order valence-corrected chi connectivity index (χ3v) is 2.61. The Hall–Kier alpha value is -0.380. The molecule has 14 heavy (non-hydrogen) atoms. The molecular weight excluding hydrogens is 221 g/mol. The van der Waals surface area contributed by atoms with Crippen LogP contribution in [0.3, 0.4) is 0 Å². The summed E-state index contributed by atoms with van der Waals surface area (Å²) in [4.78, 5) is 0. The van der Waals surface area contributed by atoms with Gasteiger partial charge in [-0.1, -0.05) is 11.6 Å². The number of halogens is 2. The van der Waals surface area contributed by atoms with Gasteiger partial charge in [0.1, 0.15) is 0 Å². The molecule has 1 fully saturated rings. The topological polar surface area (TPSA) is 37.8 Å². The van der Waals surface area contributed by atoms with Gasteiger partial charge in [-0.3, -0.25) is 0 Å². The summed E-state index contributed by atoms with van der Waals surface area (Å²) >= 11 is 5.66. The molecule has 1 aromatic rings. The van der Waals surface area contributed by atoms with Gasteiger partial charge in [0, 0.05) is 5.92 Å². The van der Waals surface area contributed by atoms with Gasteiger partial charge < -0.3 is 5.32 Å². The van der Waals surface area contributed by atoms with E-state index in [0.717, 1.165) is 31.6 Å². The summed E-state index contributed by atoms with van der Waals surface area (Å²) in [6.07, 6.45) is 2.30. The van der Waals surface area contributed by atoms with Gasteiger partial charge >= 0.3 is 0 Å². The molecule has 0 atom stereocenters. The Labute approximate surface area is 94.7 Å². The first-order valence-corrected chi connectivity index (χ1v) is 4.94. The summed E-state index contributed by atoms with van der Waals surface area (Å²) in [7, 11) is 0. The predicted molar refractivity (Wildman–Crippen MR) is 59.1 cm³/mol. The van der Waals surface area contributed by atoms with Crippen LogP contribution in [-0.4, -0.2) is 23.3 Å². The smallest absolute Gasteiger partial charge is 0.151 e. The van der Waals surface area contributed by atoms with E-state index >= 15 is 0 Å². The maximum absolute atomic E-state index is 5.66. The van der Waals surface area contributed by atoms with Crippen molar-refractivity contribution < 1.29 is 0 Å². The second kappa shape index (κ2) is 5.49. The summed E-state index contributed by atoms with van der Waals surface area (Å²) in [6, 6.07) is 3.79. The Bertz CT molecular complexity index is 270. The van der Waals surface area contributed by atoms with Gasteiger partial charge in [0.15, 0.2) is 5.15 Å². The minimum atomic E-state index is 0. The lowest BCUT2D eigenvalue weighted by Gasteiger charge is -2.21. The van der Waals surface area contributed by atoms with Gasteiger partial charge in [0.25, 0.3) is 0 Å². The molecule has 3 nitrogen and oxygen atoms in total. The largest absolute Gasteiger partial charge is 0.317 e. The van der Waals surface area contributed by atoms with E-state index in [2.05, 4.69) is 15.5 Å². The van der Waals surface area contributed by atoms with Crippen LogP contribution in [0.25, 0.3) is 0 Å². The van der Waals surface area contributed by atoms with Crippen molar-refractivity contribution in [3.8, 4) is 0 Å². The van der Waals surface area contributed by atoms with E-state index < -0.39 is 0 Å². The van der Waals surface area contributed by atoms with Crippen molar-refractivity contribution in [2.45, 2.75) is 18.8 Å². The molecule has 0 amide bonds. The summed E-state index contributed by atoms with van der Waals surface area (Å²) < 4.78 is 0. The van der Waals surface area contributed by atoms with Gasteiger partial charge in [0.05, 0.1) is 5.69 Å². The number of nitrogens with one attached hydrogen (secondary N) is 1. The average molecular weight is 234 g/mol. The Morgan fingerprint density at radius 3 is 2.50 bits per heavy atom. The first-order valence-electron chi connectivity index (χ1n) is 4.56. The van der Waals surface area contributed by atoms with Gasteiger partial charge in [-0.2, -0.15) is 5.10 Å². The van der Waals surface area contributed by atoms with E-state index in [-0.39, 0.29) is 12.4 Å². The molecule has 0 saturated carbocycles. The SMILES string of the molecule is Cl.Clc1ccc(C2CCNCC2)nn1. The molecule has 1 aliphatic rings. The number of aromatic nitrogens is 2. The van der Waals surface area contributed by atoms with E-state index in [0.29, 0.717) is 11.1 Å². The summed E-state index contributed by atoms with van der Waals surface area (Å²) in [6.45, 7) is 2.16. The van der Waals surface area contributed by atoms with E-state index in [9.17, 15) is 0 Å². The van der Waals surface area contributed by atoms with E-state index in [1.165, 1.54) is 0 Å². The van der Waals surface area contributed by atoms with Gasteiger partial charge in [0.2, 0.25) is 0 Å². The first kappa shape index (κ1) is 11.7. The molecule has 1 N–H and O–H groups in total. The normalized spacial score (nSPS) is 17.5. The van der Waals surface area contributed by atoms with E-state index in [4.69, 9.17) is 11.6 Å². The van der Waals surface area contributed by atoms with Crippen LogP contribution in [0, 0.1) is 0 Å². The van der Waals surface area contributed by atoms with Gasteiger partial charge in [-0.25, -0.2) is 0 Å². The molecule has 78 valence electrons. The standard InChI is InChI=1S/C9H12ClN3.ClH/c10-9-2-1-8(12-13-9)7-3-5-11-6-4-7;/h1-2,7,11H,3-6H2;1H. The fourth-order valence-corrected chi connectivity index (χ4v) is 1.76. The maximum Gasteiger partial charge on any atom is 0.151 e. The predicted octanol–water partition coefficient (Wildman–Crippen LogP) is 2.02. The lowest BCUT2D eigenvalue weighted by atomic mass is 9.94. The number of piperidine rings is 1. The molecule has 2 rings (SSSR count). The van der Waals surface area contributed by atoms with Crippen molar-refractivity contribution in [2.24, 2.45) is 0 Å². The zero-order valence-electron chi connectivity index (χ0n) is 7.74. The third kappa shape index (κ3) is 2.80. The quantitative estimate of drug-likeness (QED) is 0.807. The lowest BCUT2D eigenvalue weighted by molar-refractivity contribution is 0.450. The number of hydrogen-bond acceptors (Lipinski definition) is 3. The molecule has 0 aliphatic carbocycles. The van der Waals surface area contributed by atoms with Crippen LogP contribution in [0.15, 0.2) is 12.1 Å². The van der Waals surface area contributed by atoms with Crippen LogP contribution in [0.4, 0.5) is 0 Å². The second-order valence-electron chi connectivity index (χ2n) is 3.31. The number of rotatable bonds is 1. The Morgan fingerprint density at radius 2 is 1.93 bits per heavy atom. The number of hydrogen-bond donors (Lipinski definition) is 1. The fourth-order valence-electron chi connectivity index (χ4n) is 1.66. The molecular formula is C9H13Cl2N3. The summed E-state index contributed by atoms with van der Waals surface area (Å²) in [5.74, 6) is 0.561. The summed E-state index contributed by atoms with van der Waals surface area (Å²) in [5, 5.41) is 11.7. The van der Waals surface area contributed by atoms with Gasteiger partial charge in [-0.05, 0) is 38.1 Å². The van der Waals surface area contributed by atoms with Crippen LogP contribution in [0.2, 0.25) is 5.15 Å².